The van der Waals surface area contributed by atoms with E-state index in [1.54, 1.807) is 14.2 Å². The minimum Gasteiger partial charge on any atom is -0.497 e. The Kier molecular flexibility index (Phi) is 6.79. The number of hydrogen-bond donors (Lipinski definition) is 1. The van der Waals surface area contributed by atoms with E-state index in [2.05, 4.69) is 41.3 Å². The number of aromatic nitrogens is 2. The molecule has 1 N–H and O–H groups in total. The van der Waals surface area contributed by atoms with E-state index in [0.717, 1.165) is 50.1 Å². The van der Waals surface area contributed by atoms with Gasteiger partial charge in [-0.1, -0.05) is 0 Å². The van der Waals surface area contributed by atoms with Crippen LogP contribution in [0, 0.1) is 6.92 Å². The number of nitrogens with zero attached hydrogens (tertiary/aromatic N) is 4. The Bertz CT molecular complexity index is 780. The molecule has 1 aromatic heterocycles. The van der Waals surface area contributed by atoms with Crippen LogP contribution in [-0.2, 0) is 6.54 Å². The summed E-state index contributed by atoms with van der Waals surface area (Å²) in [5, 5.41) is 7.76. The van der Waals surface area contributed by atoms with Gasteiger partial charge in [-0.25, -0.2) is 0 Å². The Balaban J connectivity index is 1.66. The molecule has 0 amide bonds. The highest BCUT2D eigenvalue weighted by molar-refractivity contribution is 5.80. The number of benzene rings is 1. The van der Waals surface area contributed by atoms with Crippen LogP contribution in [0.3, 0.4) is 0 Å². The highest BCUT2D eigenvalue weighted by Crippen LogP contribution is 2.32. The fourth-order valence-corrected chi connectivity index (χ4v) is 3.56. The quantitative estimate of drug-likeness (QED) is 0.586. The van der Waals surface area contributed by atoms with E-state index >= 15 is 0 Å². The number of guanidine groups is 1. The van der Waals surface area contributed by atoms with Gasteiger partial charge in [-0.3, -0.25) is 9.67 Å². The lowest BCUT2D eigenvalue weighted by atomic mass is 9.98. The molecule has 0 saturated carbocycles. The topological polar surface area (TPSA) is 63.9 Å². The average molecular weight is 386 g/mol. The molecule has 0 spiro atoms. The Morgan fingerprint density at radius 1 is 1.25 bits per heavy atom. The molecule has 7 nitrogen and oxygen atoms in total. The summed E-state index contributed by atoms with van der Waals surface area (Å²) in [6.45, 7) is 8.42. The molecule has 28 heavy (non-hydrogen) atoms. The standard InChI is InChI=1S/C21H31N5O2/c1-5-22-21(23-7-9-26-14-16(2)13-24-26)25-8-6-17(15-25)18-10-19(27-3)12-20(11-18)28-4/h10-14,17H,5-9,15H2,1-4H3,(H,22,23). The van der Waals surface area contributed by atoms with Crippen molar-refractivity contribution in [2.75, 3.05) is 40.4 Å². The van der Waals surface area contributed by atoms with E-state index in [1.807, 2.05) is 23.1 Å². The second-order valence-electron chi connectivity index (χ2n) is 7.09. The van der Waals surface area contributed by atoms with Gasteiger partial charge in [0.05, 0.1) is 33.5 Å². The summed E-state index contributed by atoms with van der Waals surface area (Å²) in [6, 6.07) is 6.14. The molecule has 1 atom stereocenters. The summed E-state index contributed by atoms with van der Waals surface area (Å²) >= 11 is 0. The lowest BCUT2D eigenvalue weighted by molar-refractivity contribution is 0.392. The first-order chi connectivity index (χ1) is 13.6. The molecule has 0 bridgehead atoms. The van der Waals surface area contributed by atoms with Crippen molar-refractivity contribution in [3.63, 3.8) is 0 Å². The minimum atomic E-state index is 0.432. The summed E-state index contributed by atoms with van der Waals surface area (Å²) in [5.74, 6) is 3.08. The average Bonchev–Trinajstić information content (AvgIpc) is 3.36. The monoisotopic (exact) mass is 385 g/mol. The summed E-state index contributed by atoms with van der Waals surface area (Å²) < 4.78 is 12.8. The third-order valence-electron chi connectivity index (χ3n) is 5.02. The molecule has 0 aliphatic carbocycles. The van der Waals surface area contributed by atoms with Crippen LogP contribution in [-0.4, -0.2) is 61.0 Å². The van der Waals surface area contributed by atoms with E-state index in [9.17, 15) is 0 Å². The van der Waals surface area contributed by atoms with Crippen LogP contribution in [0.2, 0.25) is 0 Å². The summed E-state index contributed by atoms with van der Waals surface area (Å²) in [4.78, 5) is 7.16. The van der Waals surface area contributed by atoms with E-state index in [1.165, 1.54) is 11.1 Å². The SMILES string of the molecule is CCNC(=NCCn1cc(C)cn1)N1CCC(c2cc(OC)cc(OC)c2)C1. The third-order valence-corrected chi connectivity index (χ3v) is 5.02. The largest absolute Gasteiger partial charge is 0.497 e. The zero-order valence-electron chi connectivity index (χ0n) is 17.3. The van der Waals surface area contributed by atoms with Crippen molar-refractivity contribution in [3.8, 4) is 11.5 Å². The lowest BCUT2D eigenvalue weighted by Crippen LogP contribution is -2.40. The number of aryl methyl sites for hydroxylation is 1. The molecule has 1 aliphatic heterocycles. The Labute approximate surface area is 167 Å². The molecule has 1 saturated heterocycles. The zero-order valence-corrected chi connectivity index (χ0v) is 17.3. The van der Waals surface area contributed by atoms with Crippen molar-refractivity contribution in [1.82, 2.24) is 20.0 Å². The normalized spacial score (nSPS) is 17.1. The van der Waals surface area contributed by atoms with Gasteiger partial charge >= 0.3 is 0 Å². The summed E-state index contributed by atoms with van der Waals surface area (Å²) in [7, 11) is 3.38. The molecule has 1 unspecified atom stereocenters. The zero-order chi connectivity index (χ0) is 19.9. The maximum Gasteiger partial charge on any atom is 0.193 e. The van der Waals surface area contributed by atoms with Crippen LogP contribution in [0.25, 0.3) is 0 Å². The minimum absolute atomic E-state index is 0.432. The maximum absolute atomic E-state index is 5.43. The van der Waals surface area contributed by atoms with Crippen LogP contribution in [0.15, 0.2) is 35.6 Å². The second-order valence-corrected chi connectivity index (χ2v) is 7.09. The molecule has 1 fully saturated rings. The predicted octanol–water partition coefficient (Wildman–Crippen LogP) is 2.66. The van der Waals surface area contributed by atoms with Crippen LogP contribution >= 0.6 is 0 Å². The molecular formula is C21H31N5O2. The summed E-state index contributed by atoms with van der Waals surface area (Å²) in [6.07, 6.45) is 5.01. The maximum atomic E-state index is 5.43. The van der Waals surface area contributed by atoms with Gasteiger partial charge in [0.1, 0.15) is 11.5 Å². The van der Waals surface area contributed by atoms with Crippen LogP contribution < -0.4 is 14.8 Å². The van der Waals surface area contributed by atoms with Gasteiger partial charge < -0.3 is 19.7 Å². The van der Waals surface area contributed by atoms with Crippen LogP contribution in [0.1, 0.15) is 30.4 Å². The highest BCUT2D eigenvalue weighted by atomic mass is 16.5. The van der Waals surface area contributed by atoms with Gasteiger partial charge in [0.25, 0.3) is 0 Å². The van der Waals surface area contributed by atoms with E-state index < -0.39 is 0 Å². The number of nitrogens with one attached hydrogen (secondary N) is 1. The second kappa shape index (κ2) is 9.48. The smallest absolute Gasteiger partial charge is 0.193 e. The number of methoxy groups -OCH3 is 2. The lowest BCUT2D eigenvalue weighted by Gasteiger charge is -2.22. The Morgan fingerprint density at radius 3 is 2.61 bits per heavy atom. The molecule has 7 heteroatoms. The molecule has 2 aromatic rings. The van der Waals surface area contributed by atoms with Crippen LogP contribution in [0.5, 0.6) is 11.5 Å². The fraction of sp³-hybridized carbons (Fsp3) is 0.524. The van der Waals surface area contributed by atoms with E-state index in [4.69, 9.17) is 14.5 Å². The van der Waals surface area contributed by atoms with Crippen molar-refractivity contribution < 1.29 is 9.47 Å². The summed E-state index contributed by atoms with van der Waals surface area (Å²) in [5.41, 5.74) is 2.42. The highest BCUT2D eigenvalue weighted by Gasteiger charge is 2.26. The van der Waals surface area contributed by atoms with E-state index in [-0.39, 0.29) is 0 Å². The number of hydrogen-bond acceptors (Lipinski definition) is 4. The van der Waals surface area contributed by atoms with Gasteiger partial charge in [-0.2, -0.15) is 5.10 Å². The van der Waals surface area contributed by atoms with Gasteiger partial charge in [-0.15, -0.1) is 0 Å². The predicted molar refractivity (Wildman–Crippen MR) is 111 cm³/mol. The third kappa shape index (κ3) is 4.97. The Hall–Kier alpha value is -2.70. The Morgan fingerprint density at radius 2 is 2.00 bits per heavy atom. The molecule has 1 aromatic carbocycles. The first kappa shape index (κ1) is 20.0. The number of aliphatic imine (C=N–C) groups is 1. The van der Waals surface area contributed by atoms with Crippen molar-refractivity contribution in [1.29, 1.82) is 0 Å². The first-order valence-electron chi connectivity index (χ1n) is 9.88. The van der Waals surface area contributed by atoms with Crippen LogP contribution in [0.4, 0.5) is 0 Å². The van der Waals surface area contributed by atoms with Gasteiger partial charge in [0, 0.05) is 37.8 Å². The first-order valence-corrected chi connectivity index (χ1v) is 9.88. The van der Waals surface area contributed by atoms with Crippen molar-refractivity contribution in [2.45, 2.75) is 32.7 Å². The van der Waals surface area contributed by atoms with Crippen molar-refractivity contribution in [3.05, 3.63) is 41.7 Å². The fourth-order valence-electron chi connectivity index (χ4n) is 3.56. The molecule has 152 valence electrons. The van der Waals surface area contributed by atoms with Gasteiger partial charge in [0.2, 0.25) is 0 Å². The number of ether oxygens (including phenoxy) is 2. The number of rotatable bonds is 7. The van der Waals surface area contributed by atoms with Gasteiger partial charge in [-0.05, 0) is 43.5 Å². The molecule has 0 radical (unpaired) electrons. The molecule has 3 rings (SSSR count). The number of likely N-dealkylation sites (tertiary alicyclic amines) is 1. The molecule has 2 heterocycles. The van der Waals surface area contributed by atoms with E-state index in [0.29, 0.717) is 12.5 Å². The molecule has 1 aliphatic rings. The van der Waals surface area contributed by atoms with Crippen molar-refractivity contribution >= 4 is 5.96 Å². The van der Waals surface area contributed by atoms with Gasteiger partial charge in [0.15, 0.2) is 5.96 Å². The molecular weight excluding hydrogens is 354 g/mol. The van der Waals surface area contributed by atoms with Crippen molar-refractivity contribution in [2.24, 2.45) is 4.99 Å².